The van der Waals surface area contributed by atoms with Crippen LogP contribution in [0.15, 0.2) is 5.18 Å². The van der Waals surface area contributed by atoms with Crippen LogP contribution in [-0.2, 0) is 0 Å². The van der Waals surface area contributed by atoms with Crippen LogP contribution >= 0.6 is 0 Å². The van der Waals surface area contributed by atoms with Gasteiger partial charge in [-0.25, -0.2) is 0 Å². The molecule has 0 amide bonds. The SMILES string of the molecule is CCCC(C)CC(C)(CC)CN=O. The Balaban J connectivity index is 4.00. The summed E-state index contributed by atoms with van der Waals surface area (Å²) in [7, 11) is 0. The third kappa shape index (κ3) is 5.02. The summed E-state index contributed by atoms with van der Waals surface area (Å²) < 4.78 is 0. The molecular weight excluding hydrogens is 162 g/mol. The fourth-order valence-electron chi connectivity index (χ4n) is 1.91. The first-order valence-electron chi connectivity index (χ1n) is 5.37. The van der Waals surface area contributed by atoms with Crippen molar-refractivity contribution < 1.29 is 0 Å². The molecule has 0 aliphatic rings. The predicted molar refractivity (Wildman–Crippen MR) is 57.7 cm³/mol. The summed E-state index contributed by atoms with van der Waals surface area (Å²) in [5.74, 6) is 0.719. The average Bonchev–Trinajstić information content (AvgIpc) is 2.05. The van der Waals surface area contributed by atoms with Gasteiger partial charge in [0.15, 0.2) is 0 Å². The summed E-state index contributed by atoms with van der Waals surface area (Å²) in [6.45, 7) is 9.25. The molecule has 2 heteroatoms. The molecule has 0 aromatic carbocycles. The molecule has 0 saturated heterocycles. The Bertz CT molecular complexity index is 147. The molecule has 2 atom stereocenters. The highest BCUT2D eigenvalue weighted by Gasteiger charge is 2.24. The first kappa shape index (κ1) is 12.6. The van der Waals surface area contributed by atoms with Crippen LogP contribution in [0.4, 0.5) is 0 Å². The topological polar surface area (TPSA) is 29.4 Å². The van der Waals surface area contributed by atoms with Crippen molar-refractivity contribution in [3.63, 3.8) is 0 Å². The molecule has 0 aliphatic heterocycles. The molecule has 13 heavy (non-hydrogen) atoms. The molecule has 0 spiro atoms. The highest BCUT2D eigenvalue weighted by atomic mass is 16.3. The van der Waals surface area contributed by atoms with Crippen molar-refractivity contribution >= 4 is 0 Å². The minimum absolute atomic E-state index is 0.135. The van der Waals surface area contributed by atoms with Crippen LogP contribution < -0.4 is 0 Å². The number of nitroso groups, excluding NO2 is 1. The van der Waals surface area contributed by atoms with E-state index < -0.39 is 0 Å². The summed E-state index contributed by atoms with van der Waals surface area (Å²) in [6.07, 6.45) is 4.67. The first-order chi connectivity index (χ1) is 6.08. The van der Waals surface area contributed by atoms with Crippen LogP contribution in [0, 0.1) is 16.2 Å². The molecule has 0 saturated carbocycles. The van der Waals surface area contributed by atoms with Gasteiger partial charge < -0.3 is 0 Å². The Morgan fingerprint density at radius 2 is 2.00 bits per heavy atom. The van der Waals surface area contributed by atoms with E-state index in [9.17, 15) is 4.91 Å². The van der Waals surface area contributed by atoms with Crippen LogP contribution in [0.5, 0.6) is 0 Å². The normalized spacial score (nSPS) is 17.8. The molecule has 0 rings (SSSR count). The Labute approximate surface area is 82.1 Å². The second-order valence-corrected chi connectivity index (χ2v) is 4.55. The van der Waals surface area contributed by atoms with E-state index in [-0.39, 0.29) is 5.41 Å². The molecule has 0 aromatic rings. The van der Waals surface area contributed by atoms with Crippen LogP contribution in [0.3, 0.4) is 0 Å². The molecule has 2 unspecified atom stereocenters. The Morgan fingerprint density at radius 3 is 2.38 bits per heavy atom. The van der Waals surface area contributed by atoms with Crippen molar-refractivity contribution in [3.05, 3.63) is 4.91 Å². The molecule has 0 fully saturated rings. The second kappa shape index (κ2) is 6.11. The number of hydrogen-bond acceptors (Lipinski definition) is 2. The van der Waals surface area contributed by atoms with Crippen LogP contribution in [-0.4, -0.2) is 6.54 Å². The second-order valence-electron chi connectivity index (χ2n) is 4.55. The van der Waals surface area contributed by atoms with Gasteiger partial charge in [0.05, 0.1) is 6.54 Å². The van der Waals surface area contributed by atoms with Crippen molar-refractivity contribution in [2.24, 2.45) is 16.5 Å². The lowest BCUT2D eigenvalue weighted by atomic mass is 9.78. The van der Waals surface area contributed by atoms with E-state index in [0.717, 1.165) is 18.8 Å². The maximum absolute atomic E-state index is 10.3. The van der Waals surface area contributed by atoms with E-state index >= 15 is 0 Å². The summed E-state index contributed by atoms with van der Waals surface area (Å²) in [5.41, 5.74) is 0.135. The highest BCUT2D eigenvalue weighted by Crippen LogP contribution is 2.31. The minimum atomic E-state index is 0.135. The van der Waals surface area contributed by atoms with Gasteiger partial charge >= 0.3 is 0 Å². The first-order valence-corrected chi connectivity index (χ1v) is 5.37. The molecule has 0 aliphatic carbocycles. The van der Waals surface area contributed by atoms with E-state index in [1.807, 2.05) is 0 Å². The van der Waals surface area contributed by atoms with E-state index in [2.05, 4.69) is 32.9 Å². The molecule has 78 valence electrons. The molecule has 2 nitrogen and oxygen atoms in total. The average molecular weight is 185 g/mol. The van der Waals surface area contributed by atoms with Crippen LogP contribution in [0.2, 0.25) is 0 Å². The van der Waals surface area contributed by atoms with Crippen molar-refractivity contribution in [3.8, 4) is 0 Å². The van der Waals surface area contributed by atoms with Crippen molar-refractivity contribution in [2.75, 3.05) is 6.54 Å². The monoisotopic (exact) mass is 185 g/mol. The van der Waals surface area contributed by atoms with Gasteiger partial charge in [-0.2, -0.15) is 4.91 Å². The summed E-state index contributed by atoms with van der Waals surface area (Å²) >= 11 is 0. The van der Waals surface area contributed by atoms with Gasteiger partial charge in [0.1, 0.15) is 0 Å². The Hall–Kier alpha value is -0.400. The Morgan fingerprint density at radius 1 is 1.38 bits per heavy atom. The summed E-state index contributed by atoms with van der Waals surface area (Å²) in [5, 5.41) is 3.04. The third-order valence-electron chi connectivity index (χ3n) is 2.92. The maximum Gasteiger partial charge on any atom is 0.0864 e. The minimum Gasteiger partial charge on any atom is -0.151 e. The highest BCUT2D eigenvalue weighted by molar-refractivity contribution is 4.77. The van der Waals surface area contributed by atoms with E-state index in [1.165, 1.54) is 12.8 Å². The van der Waals surface area contributed by atoms with Gasteiger partial charge in [-0.05, 0) is 24.2 Å². The van der Waals surface area contributed by atoms with Gasteiger partial charge in [-0.3, -0.25) is 0 Å². The number of rotatable bonds is 7. The Kier molecular flexibility index (Phi) is 5.93. The van der Waals surface area contributed by atoms with Gasteiger partial charge in [0.2, 0.25) is 0 Å². The summed E-state index contributed by atoms with van der Waals surface area (Å²) in [6, 6.07) is 0. The van der Waals surface area contributed by atoms with Gasteiger partial charge in [0, 0.05) is 0 Å². The van der Waals surface area contributed by atoms with E-state index in [1.54, 1.807) is 0 Å². The van der Waals surface area contributed by atoms with Crippen molar-refractivity contribution in [2.45, 2.75) is 53.4 Å². The molecule has 0 N–H and O–H groups in total. The zero-order chi connectivity index (χ0) is 10.3. The van der Waals surface area contributed by atoms with Gasteiger partial charge in [0.25, 0.3) is 0 Å². The van der Waals surface area contributed by atoms with Crippen molar-refractivity contribution in [1.82, 2.24) is 0 Å². The fraction of sp³-hybridized carbons (Fsp3) is 1.00. The largest absolute Gasteiger partial charge is 0.151 e. The standard InChI is InChI=1S/C11H23NO/c1-5-7-10(3)8-11(4,6-2)9-12-13/h10H,5-9H2,1-4H3. The zero-order valence-corrected chi connectivity index (χ0v) is 9.47. The maximum atomic E-state index is 10.3. The van der Waals surface area contributed by atoms with Crippen LogP contribution in [0.25, 0.3) is 0 Å². The smallest absolute Gasteiger partial charge is 0.0864 e. The molecular formula is C11H23NO. The lowest BCUT2D eigenvalue weighted by Gasteiger charge is -2.28. The fourth-order valence-corrected chi connectivity index (χ4v) is 1.91. The zero-order valence-electron chi connectivity index (χ0n) is 9.47. The molecule has 0 heterocycles. The third-order valence-corrected chi connectivity index (χ3v) is 2.92. The predicted octanol–water partition coefficient (Wildman–Crippen LogP) is 4.00. The van der Waals surface area contributed by atoms with E-state index in [0.29, 0.717) is 6.54 Å². The van der Waals surface area contributed by atoms with Crippen LogP contribution in [0.1, 0.15) is 53.4 Å². The van der Waals surface area contributed by atoms with Gasteiger partial charge in [-0.1, -0.05) is 45.7 Å². The number of hydrogen-bond donors (Lipinski definition) is 0. The van der Waals surface area contributed by atoms with Gasteiger partial charge in [-0.15, -0.1) is 0 Å². The number of nitrogens with zero attached hydrogens (tertiary/aromatic N) is 1. The molecule has 0 bridgehead atoms. The lowest BCUT2D eigenvalue weighted by molar-refractivity contribution is 0.240. The molecule has 0 radical (unpaired) electrons. The van der Waals surface area contributed by atoms with E-state index in [4.69, 9.17) is 0 Å². The quantitative estimate of drug-likeness (QED) is 0.551. The molecule has 0 aromatic heterocycles. The van der Waals surface area contributed by atoms with Crippen molar-refractivity contribution in [1.29, 1.82) is 0 Å². The lowest BCUT2D eigenvalue weighted by Crippen LogP contribution is -2.22. The summed E-state index contributed by atoms with van der Waals surface area (Å²) in [4.78, 5) is 10.3.